The summed E-state index contributed by atoms with van der Waals surface area (Å²) in [4.78, 5) is 29.9. The van der Waals surface area contributed by atoms with E-state index in [-0.39, 0.29) is 17.9 Å². The molecular formula is C21H27N5O2. The number of carbonyl (C=O) groups is 1. The molecule has 0 aliphatic rings. The van der Waals surface area contributed by atoms with Crippen molar-refractivity contribution in [3.63, 3.8) is 0 Å². The lowest BCUT2D eigenvalue weighted by Gasteiger charge is -2.15. The van der Waals surface area contributed by atoms with Crippen LogP contribution in [0, 0.1) is 20.8 Å². The van der Waals surface area contributed by atoms with Crippen LogP contribution in [0.15, 0.2) is 23.0 Å². The fourth-order valence-corrected chi connectivity index (χ4v) is 3.57. The van der Waals surface area contributed by atoms with Crippen LogP contribution in [0.5, 0.6) is 0 Å². The number of aryl methyl sites for hydroxylation is 4. The molecule has 0 unspecified atom stereocenters. The minimum absolute atomic E-state index is 0.109. The van der Waals surface area contributed by atoms with E-state index in [1.807, 2.05) is 65.0 Å². The Balaban J connectivity index is 1.77. The van der Waals surface area contributed by atoms with E-state index < -0.39 is 0 Å². The number of nitrogens with zero attached hydrogens (tertiary/aromatic N) is 3. The Hall–Kier alpha value is -3.09. The maximum Gasteiger partial charge on any atom is 0.253 e. The van der Waals surface area contributed by atoms with E-state index >= 15 is 0 Å². The van der Waals surface area contributed by atoms with Gasteiger partial charge in [0.15, 0.2) is 0 Å². The lowest BCUT2D eigenvalue weighted by atomic mass is 10.0. The number of rotatable bonds is 5. The average Bonchev–Trinajstić information content (AvgIpc) is 2.90. The standard InChI is InChI=1S/C21H27N5O2/c1-12-11-15(25(4)5)7-9-17(12)22-18(27)10-8-16-13(2)19-14(3)24-26(6)20(19)23-21(16)28/h7,9,11H,8,10H2,1-6H3,(H,22,27)(H,23,28). The number of aromatic nitrogens is 3. The molecule has 0 bridgehead atoms. The molecule has 0 fully saturated rings. The van der Waals surface area contributed by atoms with Crippen LogP contribution >= 0.6 is 0 Å². The van der Waals surface area contributed by atoms with Crippen molar-refractivity contribution in [2.45, 2.75) is 33.6 Å². The summed E-state index contributed by atoms with van der Waals surface area (Å²) in [5.41, 5.74) is 5.83. The molecule has 2 aromatic heterocycles. The summed E-state index contributed by atoms with van der Waals surface area (Å²) >= 11 is 0. The van der Waals surface area contributed by atoms with Gasteiger partial charge in [-0.2, -0.15) is 5.10 Å². The van der Waals surface area contributed by atoms with Gasteiger partial charge in [-0.15, -0.1) is 0 Å². The first-order valence-electron chi connectivity index (χ1n) is 9.32. The first-order valence-corrected chi connectivity index (χ1v) is 9.32. The van der Waals surface area contributed by atoms with Gasteiger partial charge in [0.05, 0.1) is 5.69 Å². The third-order valence-corrected chi connectivity index (χ3v) is 5.16. The highest BCUT2D eigenvalue weighted by atomic mass is 16.1. The summed E-state index contributed by atoms with van der Waals surface area (Å²) in [7, 11) is 5.77. The number of aromatic amines is 1. The number of hydrogen-bond acceptors (Lipinski definition) is 4. The van der Waals surface area contributed by atoms with Crippen LogP contribution in [0.25, 0.3) is 11.0 Å². The molecule has 0 radical (unpaired) electrons. The highest BCUT2D eigenvalue weighted by molar-refractivity contribution is 5.92. The molecule has 0 atom stereocenters. The second kappa shape index (κ2) is 7.50. The molecule has 1 amide bonds. The van der Waals surface area contributed by atoms with Crippen molar-refractivity contribution in [1.29, 1.82) is 0 Å². The number of fused-ring (bicyclic) bond motifs is 1. The summed E-state index contributed by atoms with van der Waals surface area (Å²) < 4.78 is 1.68. The van der Waals surface area contributed by atoms with Crippen LogP contribution in [-0.4, -0.2) is 34.8 Å². The Morgan fingerprint density at radius 2 is 1.96 bits per heavy atom. The predicted octanol–water partition coefficient (Wildman–Crippen LogP) is 2.82. The van der Waals surface area contributed by atoms with Gasteiger partial charge in [0.1, 0.15) is 5.65 Å². The second-order valence-corrected chi connectivity index (χ2v) is 7.43. The van der Waals surface area contributed by atoms with E-state index in [1.54, 1.807) is 4.68 Å². The van der Waals surface area contributed by atoms with Crippen LogP contribution < -0.4 is 15.8 Å². The van der Waals surface area contributed by atoms with Crippen molar-refractivity contribution >= 4 is 28.3 Å². The van der Waals surface area contributed by atoms with Crippen molar-refractivity contribution < 1.29 is 4.79 Å². The molecule has 0 spiro atoms. The molecule has 7 heteroatoms. The third-order valence-electron chi connectivity index (χ3n) is 5.16. The topological polar surface area (TPSA) is 83.0 Å². The average molecular weight is 381 g/mol. The Morgan fingerprint density at radius 3 is 2.61 bits per heavy atom. The molecule has 28 heavy (non-hydrogen) atoms. The third kappa shape index (κ3) is 3.65. The van der Waals surface area contributed by atoms with E-state index in [0.717, 1.165) is 33.6 Å². The van der Waals surface area contributed by atoms with Gasteiger partial charge in [0.2, 0.25) is 5.91 Å². The molecule has 3 rings (SSSR count). The number of benzene rings is 1. The normalized spacial score (nSPS) is 11.1. The largest absolute Gasteiger partial charge is 0.378 e. The fraction of sp³-hybridized carbons (Fsp3) is 0.381. The zero-order valence-corrected chi connectivity index (χ0v) is 17.3. The van der Waals surface area contributed by atoms with Crippen LogP contribution in [-0.2, 0) is 18.3 Å². The van der Waals surface area contributed by atoms with Gasteiger partial charge in [0.25, 0.3) is 5.56 Å². The zero-order chi connectivity index (χ0) is 20.6. The van der Waals surface area contributed by atoms with Crippen molar-refractivity contribution in [3.8, 4) is 0 Å². The minimum atomic E-state index is -0.160. The van der Waals surface area contributed by atoms with Gasteiger partial charge in [-0.05, 0) is 56.5 Å². The van der Waals surface area contributed by atoms with E-state index in [2.05, 4.69) is 15.4 Å². The van der Waals surface area contributed by atoms with Crippen molar-refractivity contribution in [2.24, 2.45) is 7.05 Å². The molecule has 3 aromatic rings. The van der Waals surface area contributed by atoms with Gasteiger partial charge in [0, 0.05) is 49.9 Å². The van der Waals surface area contributed by atoms with Crippen molar-refractivity contribution in [2.75, 3.05) is 24.3 Å². The number of nitrogens with one attached hydrogen (secondary N) is 2. The van der Waals surface area contributed by atoms with Crippen molar-refractivity contribution in [1.82, 2.24) is 14.8 Å². The molecule has 0 saturated heterocycles. The summed E-state index contributed by atoms with van der Waals surface area (Å²) in [5.74, 6) is -0.109. The molecule has 2 heterocycles. The highest BCUT2D eigenvalue weighted by Crippen LogP contribution is 2.23. The summed E-state index contributed by atoms with van der Waals surface area (Å²) in [6.45, 7) is 5.81. The lowest BCUT2D eigenvalue weighted by Crippen LogP contribution is -2.19. The fourth-order valence-electron chi connectivity index (χ4n) is 3.57. The SMILES string of the molecule is Cc1cc(N(C)C)ccc1NC(=O)CCc1c(C)c2c(C)nn(C)c2[nH]c1=O. The first-order chi connectivity index (χ1) is 13.2. The number of carbonyl (C=O) groups excluding carboxylic acids is 1. The maximum atomic E-state index is 12.5. The molecule has 2 N–H and O–H groups in total. The molecule has 1 aromatic carbocycles. The van der Waals surface area contributed by atoms with Gasteiger partial charge < -0.3 is 15.2 Å². The second-order valence-electron chi connectivity index (χ2n) is 7.43. The molecular weight excluding hydrogens is 354 g/mol. The van der Waals surface area contributed by atoms with Gasteiger partial charge in [-0.1, -0.05) is 0 Å². The lowest BCUT2D eigenvalue weighted by molar-refractivity contribution is -0.116. The van der Waals surface area contributed by atoms with E-state index in [1.165, 1.54) is 0 Å². The van der Waals surface area contributed by atoms with E-state index in [4.69, 9.17) is 0 Å². The van der Waals surface area contributed by atoms with E-state index in [0.29, 0.717) is 17.6 Å². The van der Waals surface area contributed by atoms with Crippen molar-refractivity contribution in [3.05, 3.63) is 50.9 Å². The highest BCUT2D eigenvalue weighted by Gasteiger charge is 2.16. The minimum Gasteiger partial charge on any atom is -0.378 e. The number of hydrogen-bond donors (Lipinski definition) is 2. The van der Waals surface area contributed by atoms with Crippen LogP contribution in [0.4, 0.5) is 11.4 Å². The summed E-state index contributed by atoms with van der Waals surface area (Å²) in [6.07, 6.45) is 0.621. The number of pyridine rings is 1. The number of H-pyrrole nitrogens is 1. The number of anilines is 2. The molecule has 0 aliphatic carbocycles. The Morgan fingerprint density at radius 1 is 1.25 bits per heavy atom. The van der Waals surface area contributed by atoms with Crippen LogP contribution in [0.3, 0.4) is 0 Å². The molecule has 148 valence electrons. The van der Waals surface area contributed by atoms with Gasteiger partial charge >= 0.3 is 0 Å². The smallest absolute Gasteiger partial charge is 0.253 e. The van der Waals surface area contributed by atoms with Crippen LogP contribution in [0.1, 0.15) is 28.8 Å². The maximum absolute atomic E-state index is 12.5. The summed E-state index contributed by atoms with van der Waals surface area (Å²) in [6, 6.07) is 5.91. The molecule has 0 aliphatic heterocycles. The molecule has 0 saturated carbocycles. The van der Waals surface area contributed by atoms with Gasteiger partial charge in [-0.3, -0.25) is 14.3 Å². The first kappa shape index (κ1) is 19.7. The predicted molar refractivity (Wildman–Crippen MR) is 113 cm³/mol. The zero-order valence-electron chi connectivity index (χ0n) is 17.3. The monoisotopic (exact) mass is 381 g/mol. The van der Waals surface area contributed by atoms with E-state index in [9.17, 15) is 9.59 Å². The molecule has 7 nitrogen and oxygen atoms in total. The number of amides is 1. The quantitative estimate of drug-likeness (QED) is 0.712. The summed E-state index contributed by atoms with van der Waals surface area (Å²) in [5, 5.41) is 8.28. The Bertz CT molecular complexity index is 1110. The Kier molecular flexibility index (Phi) is 5.27. The van der Waals surface area contributed by atoms with Crippen LogP contribution in [0.2, 0.25) is 0 Å². The Labute approximate surface area is 164 Å². The van der Waals surface area contributed by atoms with Gasteiger partial charge in [-0.25, -0.2) is 0 Å².